The van der Waals surface area contributed by atoms with E-state index >= 15 is 0 Å². The van der Waals surface area contributed by atoms with Crippen LogP contribution in [0.3, 0.4) is 0 Å². The van der Waals surface area contributed by atoms with Gasteiger partial charge < -0.3 is 19.8 Å². The van der Waals surface area contributed by atoms with E-state index in [4.69, 9.17) is 9.15 Å². The molecule has 2 aromatic rings. The first kappa shape index (κ1) is 17.5. The average molecular weight is 331 g/mol. The number of benzene rings is 1. The van der Waals surface area contributed by atoms with E-state index in [1.54, 1.807) is 45.9 Å². The van der Waals surface area contributed by atoms with Crippen molar-refractivity contribution in [2.75, 3.05) is 17.7 Å². The summed E-state index contributed by atoms with van der Waals surface area (Å²) in [5, 5.41) is 5.52. The molecule has 24 heavy (non-hydrogen) atoms. The van der Waals surface area contributed by atoms with Gasteiger partial charge in [0, 0.05) is 18.9 Å². The molecule has 0 fully saturated rings. The van der Waals surface area contributed by atoms with Crippen LogP contribution in [0.1, 0.15) is 36.0 Å². The highest BCUT2D eigenvalue weighted by Crippen LogP contribution is 2.28. The maximum absolute atomic E-state index is 12.4. The first-order valence-electron chi connectivity index (χ1n) is 7.56. The van der Waals surface area contributed by atoms with Crippen LogP contribution in [0.5, 0.6) is 5.75 Å². The van der Waals surface area contributed by atoms with Crippen molar-refractivity contribution in [2.24, 2.45) is 5.92 Å². The monoisotopic (exact) mass is 331 g/mol. The van der Waals surface area contributed by atoms with Gasteiger partial charge in [-0.05, 0) is 19.1 Å². The Labute approximate surface area is 140 Å². The molecule has 0 bridgehead atoms. The van der Waals surface area contributed by atoms with Gasteiger partial charge in [-0.2, -0.15) is 0 Å². The van der Waals surface area contributed by atoms with Crippen LogP contribution in [0.15, 0.2) is 22.6 Å². The van der Waals surface area contributed by atoms with Crippen LogP contribution in [-0.2, 0) is 4.79 Å². The fourth-order valence-electron chi connectivity index (χ4n) is 2.06. The lowest BCUT2D eigenvalue weighted by Gasteiger charge is -2.14. The predicted octanol–water partition coefficient (Wildman–Crippen LogP) is 3.15. The number of rotatable bonds is 5. The van der Waals surface area contributed by atoms with Gasteiger partial charge in [0.1, 0.15) is 5.75 Å². The molecule has 0 aliphatic carbocycles. The highest BCUT2D eigenvalue weighted by molar-refractivity contribution is 6.06. The first-order valence-corrected chi connectivity index (χ1v) is 7.56. The molecule has 0 radical (unpaired) electrons. The molecule has 0 atom stereocenters. The molecule has 2 amide bonds. The standard InChI is InChI=1S/C17H21N3O4/c1-9(2)16(21)19-13-7-6-12(23-5)8-14(13)20-17(22)15-10(3)18-11(4)24-15/h6-9H,1-5H3,(H,19,21)(H,20,22). The molecule has 0 unspecified atom stereocenters. The Morgan fingerprint density at radius 2 is 1.88 bits per heavy atom. The molecule has 7 heteroatoms. The number of anilines is 2. The van der Waals surface area contributed by atoms with Crippen LogP contribution in [-0.4, -0.2) is 23.9 Å². The number of carbonyl (C=O) groups excluding carboxylic acids is 2. The van der Waals surface area contributed by atoms with Gasteiger partial charge in [-0.1, -0.05) is 13.8 Å². The van der Waals surface area contributed by atoms with Crippen molar-refractivity contribution >= 4 is 23.2 Å². The smallest absolute Gasteiger partial charge is 0.293 e. The lowest BCUT2D eigenvalue weighted by molar-refractivity contribution is -0.118. The summed E-state index contributed by atoms with van der Waals surface area (Å²) < 4.78 is 10.5. The van der Waals surface area contributed by atoms with Crippen molar-refractivity contribution in [1.29, 1.82) is 0 Å². The molecule has 0 aliphatic rings. The minimum atomic E-state index is -0.443. The molecule has 0 spiro atoms. The van der Waals surface area contributed by atoms with Gasteiger partial charge in [0.05, 0.1) is 24.2 Å². The fraction of sp³-hybridized carbons (Fsp3) is 0.353. The zero-order valence-corrected chi connectivity index (χ0v) is 14.4. The van der Waals surface area contributed by atoms with E-state index < -0.39 is 5.91 Å². The summed E-state index contributed by atoms with van der Waals surface area (Å²) in [5.41, 5.74) is 1.40. The Bertz CT molecular complexity index is 765. The number of hydrogen-bond acceptors (Lipinski definition) is 5. The highest BCUT2D eigenvalue weighted by Gasteiger charge is 2.19. The maximum atomic E-state index is 12.4. The Morgan fingerprint density at radius 3 is 2.42 bits per heavy atom. The lowest BCUT2D eigenvalue weighted by Crippen LogP contribution is -2.20. The van der Waals surface area contributed by atoms with Gasteiger partial charge in [0.15, 0.2) is 5.89 Å². The summed E-state index contributed by atoms with van der Waals surface area (Å²) in [6.45, 7) is 6.94. The molecule has 0 saturated carbocycles. The minimum absolute atomic E-state index is 0.136. The molecule has 1 aromatic carbocycles. The minimum Gasteiger partial charge on any atom is -0.497 e. The Morgan fingerprint density at radius 1 is 1.17 bits per heavy atom. The number of amides is 2. The quantitative estimate of drug-likeness (QED) is 0.878. The van der Waals surface area contributed by atoms with Gasteiger partial charge in [0.2, 0.25) is 11.7 Å². The molecule has 0 aliphatic heterocycles. The summed E-state index contributed by atoms with van der Waals surface area (Å²) in [4.78, 5) is 28.4. The maximum Gasteiger partial charge on any atom is 0.293 e. The Kier molecular flexibility index (Phi) is 5.23. The number of aryl methyl sites for hydroxylation is 2. The van der Waals surface area contributed by atoms with E-state index in [2.05, 4.69) is 15.6 Å². The van der Waals surface area contributed by atoms with Crippen LogP contribution in [0.2, 0.25) is 0 Å². The van der Waals surface area contributed by atoms with Crippen molar-refractivity contribution in [3.8, 4) is 5.75 Å². The van der Waals surface area contributed by atoms with E-state index in [1.165, 1.54) is 7.11 Å². The van der Waals surface area contributed by atoms with Crippen molar-refractivity contribution in [3.63, 3.8) is 0 Å². The number of carbonyl (C=O) groups is 2. The second-order valence-corrected chi connectivity index (χ2v) is 5.66. The van der Waals surface area contributed by atoms with Gasteiger partial charge in [0.25, 0.3) is 5.91 Å². The third-order valence-corrected chi connectivity index (χ3v) is 3.37. The number of oxazole rings is 1. The second kappa shape index (κ2) is 7.16. The van der Waals surface area contributed by atoms with Crippen LogP contribution < -0.4 is 15.4 Å². The predicted molar refractivity (Wildman–Crippen MR) is 90.4 cm³/mol. The number of ether oxygens (including phenoxy) is 1. The number of aromatic nitrogens is 1. The topological polar surface area (TPSA) is 93.5 Å². The van der Waals surface area contributed by atoms with Crippen molar-refractivity contribution < 1.29 is 18.7 Å². The van der Waals surface area contributed by atoms with Gasteiger partial charge in [-0.25, -0.2) is 4.98 Å². The number of hydrogen-bond donors (Lipinski definition) is 2. The van der Waals surface area contributed by atoms with Crippen LogP contribution in [0.25, 0.3) is 0 Å². The summed E-state index contributed by atoms with van der Waals surface area (Å²) in [7, 11) is 1.53. The lowest BCUT2D eigenvalue weighted by atomic mass is 10.2. The number of methoxy groups -OCH3 is 1. The third-order valence-electron chi connectivity index (χ3n) is 3.37. The molecule has 0 saturated heterocycles. The Hall–Kier alpha value is -2.83. The largest absolute Gasteiger partial charge is 0.497 e. The van der Waals surface area contributed by atoms with Gasteiger partial charge in [-0.15, -0.1) is 0 Å². The SMILES string of the molecule is COc1ccc(NC(=O)C(C)C)c(NC(=O)c2oc(C)nc2C)c1. The molecular weight excluding hydrogens is 310 g/mol. The van der Waals surface area contributed by atoms with E-state index in [-0.39, 0.29) is 17.6 Å². The highest BCUT2D eigenvalue weighted by atomic mass is 16.5. The van der Waals surface area contributed by atoms with E-state index in [1.807, 2.05) is 0 Å². The van der Waals surface area contributed by atoms with E-state index in [9.17, 15) is 9.59 Å². The van der Waals surface area contributed by atoms with Crippen molar-refractivity contribution in [3.05, 3.63) is 35.5 Å². The first-order chi connectivity index (χ1) is 11.3. The van der Waals surface area contributed by atoms with Gasteiger partial charge >= 0.3 is 0 Å². The molecule has 128 valence electrons. The van der Waals surface area contributed by atoms with Crippen LogP contribution in [0, 0.1) is 19.8 Å². The molecule has 2 rings (SSSR count). The summed E-state index contributed by atoms with van der Waals surface area (Å²) in [6, 6.07) is 5.01. The van der Waals surface area contributed by atoms with E-state index in [0.717, 1.165) is 0 Å². The zero-order chi connectivity index (χ0) is 17.9. The van der Waals surface area contributed by atoms with Crippen LogP contribution >= 0.6 is 0 Å². The average Bonchev–Trinajstić information content (AvgIpc) is 2.87. The van der Waals surface area contributed by atoms with Gasteiger partial charge in [-0.3, -0.25) is 9.59 Å². The third kappa shape index (κ3) is 3.92. The Balaban J connectivity index is 2.31. The second-order valence-electron chi connectivity index (χ2n) is 5.66. The molecule has 1 heterocycles. The molecule has 7 nitrogen and oxygen atoms in total. The fourth-order valence-corrected chi connectivity index (χ4v) is 2.06. The van der Waals surface area contributed by atoms with E-state index in [0.29, 0.717) is 28.7 Å². The van der Waals surface area contributed by atoms with Crippen LogP contribution in [0.4, 0.5) is 11.4 Å². The zero-order valence-electron chi connectivity index (χ0n) is 14.4. The normalized spacial score (nSPS) is 10.6. The van der Waals surface area contributed by atoms with Crippen molar-refractivity contribution in [1.82, 2.24) is 4.98 Å². The summed E-state index contributed by atoms with van der Waals surface area (Å²) in [6.07, 6.45) is 0. The molecule has 2 N–H and O–H groups in total. The number of nitrogens with zero attached hydrogens (tertiary/aromatic N) is 1. The summed E-state index contributed by atoms with van der Waals surface area (Å²) in [5.74, 6) is 0.324. The summed E-state index contributed by atoms with van der Waals surface area (Å²) >= 11 is 0. The number of nitrogens with one attached hydrogen (secondary N) is 2. The molecular formula is C17H21N3O4. The van der Waals surface area contributed by atoms with Crippen molar-refractivity contribution in [2.45, 2.75) is 27.7 Å². The molecule has 1 aromatic heterocycles.